The zero-order chi connectivity index (χ0) is 12.3. The van der Waals surface area contributed by atoms with E-state index in [9.17, 15) is 0 Å². The van der Waals surface area contributed by atoms with Crippen LogP contribution in [0.25, 0.3) is 0 Å². The number of methoxy groups -OCH3 is 1. The van der Waals surface area contributed by atoms with Crippen molar-refractivity contribution in [2.45, 2.75) is 0 Å². The zero-order valence-electron chi connectivity index (χ0n) is 9.08. The van der Waals surface area contributed by atoms with Gasteiger partial charge in [-0.25, -0.2) is 4.98 Å². The summed E-state index contributed by atoms with van der Waals surface area (Å²) >= 11 is 9.29. The van der Waals surface area contributed by atoms with Gasteiger partial charge >= 0.3 is 0 Å². The van der Waals surface area contributed by atoms with Crippen LogP contribution in [0.5, 0.6) is 5.75 Å². The lowest BCUT2D eigenvalue weighted by atomic mass is 10.3. The number of nitrogens with one attached hydrogen (secondary N) is 1. The Morgan fingerprint density at radius 3 is 2.82 bits per heavy atom. The fourth-order valence-electron chi connectivity index (χ4n) is 1.36. The number of nitrogens with zero attached hydrogens (tertiary/aromatic N) is 1. The minimum absolute atomic E-state index is 0.453. The topological polar surface area (TPSA) is 34.1 Å². The van der Waals surface area contributed by atoms with Gasteiger partial charge in [-0.3, -0.25) is 0 Å². The quantitative estimate of drug-likeness (QED) is 0.860. The molecular weight excluding hydrogens is 304 g/mol. The van der Waals surface area contributed by atoms with E-state index in [0.717, 1.165) is 21.6 Å². The fraction of sp³-hybridized carbons (Fsp3) is 0.0833. The maximum Gasteiger partial charge on any atom is 0.131 e. The Morgan fingerprint density at radius 1 is 1.29 bits per heavy atom. The van der Waals surface area contributed by atoms with Gasteiger partial charge in [-0.05, 0) is 40.2 Å². The lowest BCUT2D eigenvalue weighted by Gasteiger charge is -2.10. The summed E-state index contributed by atoms with van der Waals surface area (Å²) in [5.74, 6) is 0.788. The maximum atomic E-state index is 5.82. The Kier molecular flexibility index (Phi) is 3.86. The molecule has 1 heterocycles. The van der Waals surface area contributed by atoms with E-state index in [1.54, 1.807) is 19.4 Å². The van der Waals surface area contributed by atoms with Crippen LogP contribution in [0.3, 0.4) is 0 Å². The Morgan fingerprint density at radius 2 is 2.12 bits per heavy atom. The summed E-state index contributed by atoms with van der Waals surface area (Å²) in [7, 11) is 1.64. The molecule has 88 valence electrons. The van der Waals surface area contributed by atoms with Crippen molar-refractivity contribution in [2.75, 3.05) is 12.4 Å². The van der Waals surface area contributed by atoms with Crippen LogP contribution in [0.15, 0.2) is 41.0 Å². The standard InChI is InChI=1S/C12H10BrClN2O/c1-17-9-2-3-10(13)11(7-9)16-8-4-5-15-12(14)6-8/h2-7H,1H3,(H,15,16). The highest BCUT2D eigenvalue weighted by atomic mass is 79.9. The van der Waals surface area contributed by atoms with Gasteiger partial charge in [0.15, 0.2) is 0 Å². The molecule has 3 nitrogen and oxygen atoms in total. The van der Waals surface area contributed by atoms with Crippen LogP contribution in [0.1, 0.15) is 0 Å². The van der Waals surface area contributed by atoms with Crippen molar-refractivity contribution >= 4 is 38.9 Å². The lowest BCUT2D eigenvalue weighted by molar-refractivity contribution is 0.415. The van der Waals surface area contributed by atoms with Crippen LogP contribution in [0.4, 0.5) is 11.4 Å². The molecule has 1 N–H and O–H groups in total. The third-order valence-electron chi connectivity index (χ3n) is 2.18. The first kappa shape index (κ1) is 12.2. The first-order valence-corrected chi connectivity index (χ1v) is 6.08. The summed E-state index contributed by atoms with van der Waals surface area (Å²) in [6, 6.07) is 9.31. The molecule has 0 bridgehead atoms. The van der Waals surface area contributed by atoms with Gasteiger partial charge in [-0.2, -0.15) is 0 Å². The second-order valence-corrected chi connectivity index (χ2v) is 4.58. The van der Waals surface area contributed by atoms with Gasteiger partial charge in [0, 0.05) is 22.4 Å². The van der Waals surface area contributed by atoms with E-state index in [0.29, 0.717) is 5.15 Å². The molecule has 1 aromatic heterocycles. The van der Waals surface area contributed by atoms with Crippen LogP contribution in [-0.4, -0.2) is 12.1 Å². The summed E-state index contributed by atoms with van der Waals surface area (Å²) in [5, 5.41) is 3.69. The number of benzene rings is 1. The highest BCUT2D eigenvalue weighted by Gasteiger charge is 2.03. The van der Waals surface area contributed by atoms with E-state index >= 15 is 0 Å². The normalized spacial score (nSPS) is 10.1. The molecule has 2 rings (SSSR count). The molecule has 0 saturated heterocycles. The minimum atomic E-state index is 0.453. The number of hydrogen-bond acceptors (Lipinski definition) is 3. The second-order valence-electron chi connectivity index (χ2n) is 3.34. The minimum Gasteiger partial charge on any atom is -0.497 e. The number of anilines is 2. The summed E-state index contributed by atoms with van der Waals surface area (Å²) in [6.45, 7) is 0. The highest BCUT2D eigenvalue weighted by molar-refractivity contribution is 9.10. The molecule has 1 aromatic carbocycles. The third kappa shape index (κ3) is 3.11. The molecule has 0 aliphatic heterocycles. The van der Waals surface area contributed by atoms with Crippen LogP contribution in [-0.2, 0) is 0 Å². The number of halogens is 2. The van der Waals surface area contributed by atoms with Crippen molar-refractivity contribution in [2.24, 2.45) is 0 Å². The van der Waals surface area contributed by atoms with Gasteiger partial charge in [-0.15, -0.1) is 0 Å². The van der Waals surface area contributed by atoms with Crippen LogP contribution in [0.2, 0.25) is 5.15 Å². The average Bonchev–Trinajstić information content (AvgIpc) is 2.32. The number of rotatable bonds is 3. The fourth-order valence-corrected chi connectivity index (χ4v) is 1.88. The van der Waals surface area contributed by atoms with Gasteiger partial charge < -0.3 is 10.1 Å². The number of pyridine rings is 1. The van der Waals surface area contributed by atoms with Crippen LogP contribution >= 0.6 is 27.5 Å². The Labute approximate surface area is 113 Å². The summed E-state index contributed by atoms with van der Waals surface area (Å²) in [4.78, 5) is 3.93. The third-order valence-corrected chi connectivity index (χ3v) is 3.08. The summed E-state index contributed by atoms with van der Waals surface area (Å²) in [5.41, 5.74) is 1.78. The predicted octanol–water partition coefficient (Wildman–Crippen LogP) is 4.25. The Bertz CT molecular complexity index is 534. The van der Waals surface area contributed by atoms with Crippen molar-refractivity contribution in [3.8, 4) is 5.75 Å². The predicted molar refractivity (Wildman–Crippen MR) is 73.2 cm³/mol. The van der Waals surface area contributed by atoms with Gasteiger partial charge in [0.25, 0.3) is 0 Å². The molecule has 0 aliphatic carbocycles. The van der Waals surface area contributed by atoms with E-state index in [1.807, 2.05) is 24.3 Å². The molecule has 0 saturated carbocycles. The molecule has 0 aliphatic rings. The molecule has 0 atom stereocenters. The van der Waals surface area contributed by atoms with Crippen molar-refractivity contribution in [3.05, 3.63) is 46.2 Å². The molecule has 0 fully saturated rings. The largest absolute Gasteiger partial charge is 0.497 e. The molecular formula is C12H10BrClN2O. The van der Waals surface area contributed by atoms with Crippen molar-refractivity contribution in [3.63, 3.8) is 0 Å². The van der Waals surface area contributed by atoms with Crippen molar-refractivity contribution < 1.29 is 4.74 Å². The Hall–Kier alpha value is -1.26. The van der Waals surface area contributed by atoms with Crippen molar-refractivity contribution in [1.29, 1.82) is 0 Å². The smallest absolute Gasteiger partial charge is 0.131 e. The summed E-state index contributed by atoms with van der Waals surface area (Å²) in [6.07, 6.45) is 1.65. The monoisotopic (exact) mass is 312 g/mol. The molecule has 0 radical (unpaired) electrons. The SMILES string of the molecule is COc1ccc(Br)c(Nc2ccnc(Cl)c2)c1. The molecule has 2 aromatic rings. The van der Waals surface area contributed by atoms with E-state index < -0.39 is 0 Å². The van der Waals surface area contributed by atoms with Crippen molar-refractivity contribution in [1.82, 2.24) is 4.98 Å². The summed E-state index contributed by atoms with van der Waals surface area (Å²) < 4.78 is 6.12. The van der Waals surface area contributed by atoms with Gasteiger partial charge in [0.05, 0.1) is 12.8 Å². The van der Waals surface area contributed by atoms with Gasteiger partial charge in [0.1, 0.15) is 10.9 Å². The average molecular weight is 314 g/mol. The highest BCUT2D eigenvalue weighted by Crippen LogP contribution is 2.30. The maximum absolute atomic E-state index is 5.82. The van der Waals surface area contributed by atoms with Crippen LogP contribution < -0.4 is 10.1 Å². The number of aromatic nitrogens is 1. The molecule has 0 unspecified atom stereocenters. The molecule has 0 amide bonds. The first-order chi connectivity index (χ1) is 8.19. The van der Waals surface area contributed by atoms with Gasteiger partial charge in [0.2, 0.25) is 0 Å². The molecule has 17 heavy (non-hydrogen) atoms. The molecule has 5 heteroatoms. The van der Waals surface area contributed by atoms with E-state index in [1.165, 1.54) is 0 Å². The zero-order valence-corrected chi connectivity index (χ0v) is 11.4. The van der Waals surface area contributed by atoms with Gasteiger partial charge in [-0.1, -0.05) is 11.6 Å². The first-order valence-electron chi connectivity index (χ1n) is 4.91. The van der Waals surface area contributed by atoms with E-state index in [-0.39, 0.29) is 0 Å². The lowest BCUT2D eigenvalue weighted by Crippen LogP contribution is -1.93. The Balaban J connectivity index is 2.29. The second kappa shape index (κ2) is 5.38. The van der Waals surface area contributed by atoms with E-state index in [4.69, 9.17) is 16.3 Å². The van der Waals surface area contributed by atoms with Crippen LogP contribution in [0, 0.1) is 0 Å². The number of ether oxygens (including phenoxy) is 1. The van der Waals surface area contributed by atoms with E-state index in [2.05, 4.69) is 26.2 Å². The number of hydrogen-bond donors (Lipinski definition) is 1. The molecule has 0 spiro atoms.